The number of carbonyl (C=O) groups is 1. The monoisotopic (exact) mass is 289 g/mol. The van der Waals surface area contributed by atoms with Crippen LogP contribution in [0.4, 0.5) is 5.69 Å². The molecular weight excluding hydrogens is 266 g/mol. The van der Waals surface area contributed by atoms with E-state index in [1.165, 1.54) is 5.56 Å². The summed E-state index contributed by atoms with van der Waals surface area (Å²) in [6.07, 6.45) is 0. The van der Waals surface area contributed by atoms with Crippen molar-refractivity contribution in [1.29, 1.82) is 0 Å². The van der Waals surface area contributed by atoms with Gasteiger partial charge in [-0.05, 0) is 31.7 Å². The Morgan fingerprint density at radius 2 is 1.95 bits per heavy atom. The van der Waals surface area contributed by atoms with Crippen molar-refractivity contribution in [2.75, 3.05) is 57.8 Å². The van der Waals surface area contributed by atoms with Crippen LogP contribution in [0, 0.1) is 6.92 Å². The molecule has 1 amide bonds. The highest BCUT2D eigenvalue weighted by Crippen LogP contribution is 2.32. The first-order valence-electron chi connectivity index (χ1n) is 7.58. The molecule has 5 nitrogen and oxygen atoms in total. The third-order valence-electron chi connectivity index (χ3n) is 4.26. The summed E-state index contributed by atoms with van der Waals surface area (Å²) in [6.45, 7) is 7.52. The number of amides is 1. The zero-order valence-corrected chi connectivity index (χ0v) is 12.8. The van der Waals surface area contributed by atoms with Gasteiger partial charge in [-0.1, -0.05) is 6.07 Å². The number of rotatable bonds is 2. The van der Waals surface area contributed by atoms with Crippen LogP contribution in [0.5, 0.6) is 5.75 Å². The molecule has 1 fully saturated rings. The third-order valence-corrected chi connectivity index (χ3v) is 4.26. The number of benzene rings is 1. The molecule has 1 aromatic carbocycles. The first-order chi connectivity index (χ1) is 10.1. The molecule has 1 aromatic rings. The van der Waals surface area contributed by atoms with E-state index in [0.29, 0.717) is 13.2 Å². The molecule has 2 heterocycles. The van der Waals surface area contributed by atoms with Crippen LogP contribution in [-0.2, 0) is 4.79 Å². The molecule has 0 spiro atoms. The fourth-order valence-corrected chi connectivity index (χ4v) is 2.87. The van der Waals surface area contributed by atoms with Gasteiger partial charge in [-0.25, -0.2) is 0 Å². The summed E-state index contributed by atoms with van der Waals surface area (Å²) in [7, 11) is 2.10. The summed E-state index contributed by atoms with van der Waals surface area (Å²) in [5.74, 6) is 1.11. The van der Waals surface area contributed by atoms with Crippen molar-refractivity contribution in [3.63, 3.8) is 0 Å². The van der Waals surface area contributed by atoms with Crippen LogP contribution in [0.25, 0.3) is 0 Å². The normalized spacial score (nSPS) is 19.1. The number of piperazine rings is 1. The fraction of sp³-hybridized carbons (Fsp3) is 0.562. The van der Waals surface area contributed by atoms with Crippen molar-refractivity contribution in [2.45, 2.75) is 6.92 Å². The van der Waals surface area contributed by atoms with E-state index in [4.69, 9.17) is 4.74 Å². The number of anilines is 1. The predicted molar refractivity (Wildman–Crippen MR) is 83.0 cm³/mol. The first-order valence-corrected chi connectivity index (χ1v) is 7.58. The molecule has 0 atom stereocenters. The Hall–Kier alpha value is -1.75. The summed E-state index contributed by atoms with van der Waals surface area (Å²) in [6, 6.07) is 6.15. The van der Waals surface area contributed by atoms with Gasteiger partial charge in [-0.2, -0.15) is 0 Å². The summed E-state index contributed by atoms with van der Waals surface area (Å²) in [5.41, 5.74) is 2.24. The number of carbonyl (C=O) groups excluding carboxylic acids is 1. The van der Waals surface area contributed by atoms with Gasteiger partial charge in [0.2, 0.25) is 5.91 Å². The Morgan fingerprint density at radius 3 is 2.71 bits per heavy atom. The summed E-state index contributed by atoms with van der Waals surface area (Å²) in [4.78, 5) is 18.9. The summed E-state index contributed by atoms with van der Waals surface area (Å²) in [5, 5.41) is 0. The molecule has 0 aliphatic carbocycles. The van der Waals surface area contributed by atoms with Crippen molar-refractivity contribution in [1.82, 2.24) is 9.80 Å². The Morgan fingerprint density at radius 1 is 1.19 bits per heavy atom. The average Bonchev–Trinajstić information content (AvgIpc) is 2.48. The SMILES string of the molecule is Cc1ccc2c(c1)N(CC(=O)N1CCN(C)CC1)CCO2. The molecule has 5 heteroatoms. The third kappa shape index (κ3) is 3.13. The molecule has 3 rings (SSSR count). The molecule has 0 N–H and O–H groups in total. The highest BCUT2D eigenvalue weighted by Gasteiger charge is 2.24. The van der Waals surface area contributed by atoms with E-state index in [9.17, 15) is 4.79 Å². The lowest BCUT2D eigenvalue weighted by Gasteiger charge is -2.36. The van der Waals surface area contributed by atoms with Crippen LogP contribution in [0.1, 0.15) is 5.56 Å². The van der Waals surface area contributed by atoms with Crippen molar-refractivity contribution in [2.24, 2.45) is 0 Å². The Bertz CT molecular complexity index is 524. The van der Waals surface area contributed by atoms with Gasteiger partial charge in [0, 0.05) is 26.2 Å². The lowest BCUT2D eigenvalue weighted by molar-refractivity contribution is -0.131. The Kier molecular flexibility index (Phi) is 4.01. The highest BCUT2D eigenvalue weighted by molar-refractivity contribution is 5.82. The van der Waals surface area contributed by atoms with E-state index in [1.807, 2.05) is 17.0 Å². The number of hydrogen-bond donors (Lipinski definition) is 0. The molecule has 1 saturated heterocycles. The molecule has 0 unspecified atom stereocenters. The van der Waals surface area contributed by atoms with Gasteiger partial charge >= 0.3 is 0 Å². The van der Waals surface area contributed by atoms with Crippen LogP contribution in [0.2, 0.25) is 0 Å². The number of nitrogens with zero attached hydrogens (tertiary/aromatic N) is 3. The maximum absolute atomic E-state index is 12.5. The van der Waals surface area contributed by atoms with Crippen molar-refractivity contribution >= 4 is 11.6 Å². The lowest BCUT2D eigenvalue weighted by atomic mass is 10.1. The maximum atomic E-state index is 12.5. The molecule has 114 valence electrons. The molecule has 0 saturated carbocycles. The molecule has 2 aliphatic heterocycles. The quantitative estimate of drug-likeness (QED) is 0.813. The largest absolute Gasteiger partial charge is 0.490 e. The number of hydrogen-bond acceptors (Lipinski definition) is 4. The van der Waals surface area contributed by atoms with Crippen molar-refractivity contribution in [3.05, 3.63) is 23.8 Å². The van der Waals surface area contributed by atoms with E-state index in [1.54, 1.807) is 0 Å². The Balaban J connectivity index is 1.68. The number of ether oxygens (including phenoxy) is 1. The number of fused-ring (bicyclic) bond motifs is 1. The van der Waals surface area contributed by atoms with Crippen LogP contribution in [0.3, 0.4) is 0 Å². The minimum Gasteiger partial charge on any atom is -0.490 e. The van der Waals surface area contributed by atoms with E-state index < -0.39 is 0 Å². The first kappa shape index (κ1) is 14.2. The molecule has 0 bridgehead atoms. The second-order valence-electron chi connectivity index (χ2n) is 5.93. The van der Waals surface area contributed by atoms with Crippen LogP contribution >= 0.6 is 0 Å². The topological polar surface area (TPSA) is 36.0 Å². The van der Waals surface area contributed by atoms with Gasteiger partial charge < -0.3 is 19.4 Å². The van der Waals surface area contributed by atoms with Crippen molar-refractivity contribution in [3.8, 4) is 5.75 Å². The number of aryl methyl sites for hydroxylation is 1. The zero-order chi connectivity index (χ0) is 14.8. The van der Waals surface area contributed by atoms with Crippen LogP contribution in [-0.4, -0.2) is 68.6 Å². The smallest absolute Gasteiger partial charge is 0.242 e. The lowest BCUT2D eigenvalue weighted by Crippen LogP contribution is -2.50. The number of likely N-dealkylation sites (N-methyl/N-ethyl adjacent to an activating group) is 1. The van der Waals surface area contributed by atoms with Gasteiger partial charge in [-0.3, -0.25) is 4.79 Å². The summed E-state index contributed by atoms with van der Waals surface area (Å²) < 4.78 is 5.68. The van der Waals surface area contributed by atoms with Gasteiger partial charge in [0.05, 0.1) is 18.8 Å². The second-order valence-corrected chi connectivity index (χ2v) is 5.93. The Labute approximate surface area is 126 Å². The van der Waals surface area contributed by atoms with Crippen LogP contribution in [0.15, 0.2) is 18.2 Å². The minimum atomic E-state index is 0.220. The van der Waals surface area contributed by atoms with E-state index in [-0.39, 0.29) is 5.91 Å². The van der Waals surface area contributed by atoms with E-state index in [0.717, 1.165) is 44.2 Å². The minimum absolute atomic E-state index is 0.220. The van der Waals surface area contributed by atoms with E-state index in [2.05, 4.69) is 29.8 Å². The molecule has 0 aromatic heterocycles. The second kappa shape index (κ2) is 5.93. The molecule has 0 radical (unpaired) electrons. The fourth-order valence-electron chi connectivity index (χ4n) is 2.87. The molecule has 2 aliphatic rings. The van der Waals surface area contributed by atoms with E-state index >= 15 is 0 Å². The molecule has 21 heavy (non-hydrogen) atoms. The highest BCUT2D eigenvalue weighted by atomic mass is 16.5. The standard InChI is InChI=1S/C16H23N3O2/c1-13-3-4-15-14(11-13)19(9-10-21-15)12-16(20)18-7-5-17(2)6-8-18/h3-4,11H,5-10,12H2,1-2H3. The summed E-state index contributed by atoms with van der Waals surface area (Å²) >= 11 is 0. The maximum Gasteiger partial charge on any atom is 0.242 e. The average molecular weight is 289 g/mol. The predicted octanol–water partition coefficient (Wildman–Crippen LogP) is 0.968. The van der Waals surface area contributed by atoms with Crippen LogP contribution < -0.4 is 9.64 Å². The van der Waals surface area contributed by atoms with Crippen molar-refractivity contribution < 1.29 is 9.53 Å². The molecular formula is C16H23N3O2. The zero-order valence-electron chi connectivity index (χ0n) is 12.8. The van der Waals surface area contributed by atoms with Gasteiger partial charge in [-0.15, -0.1) is 0 Å². The van der Waals surface area contributed by atoms with Gasteiger partial charge in [0.25, 0.3) is 0 Å². The van der Waals surface area contributed by atoms with Gasteiger partial charge in [0.1, 0.15) is 12.4 Å². The van der Waals surface area contributed by atoms with Gasteiger partial charge in [0.15, 0.2) is 0 Å².